The van der Waals surface area contributed by atoms with E-state index in [1.165, 1.54) is 0 Å². The number of amides is 1. The molecule has 2 atom stereocenters. The van der Waals surface area contributed by atoms with Crippen LogP contribution in [0.1, 0.15) is 29.4 Å². The second-order valence-electron chi connectivity index (χ2n) is 6.99. The summed E-state index contributed by atoms with van der Waals surface area (Å²) in [6.07, 6.45) is -0.582. The largest absolute Gasteiger partial charge is 0.494 e. The van der Waals surface area contributed by atoms with Crippen LogP contribution in [0.15, 0.2) is 42.5 Å². The minimum Gasteiger partial charge on any atom is -0.494 e. The van der Waals surface area contributed by atoms with E-state index in [2.05, 4.69) is 15.4 Å². The van der Waals surface area contributed by atoms with Crippen LogP contribution in [0.2, 0.25) is 0 Å². The van der Waals surface area contributed by atoms with Crippen LogP contribution in [0, 0.1) is 6.92 Å². The summed E-state index contributed by atoms with van der Waals surface area (Å²) in [4.78, 5) is 16.8. The molecule has 1 aliphatic heterocycles. The topological polar surface area (TPSA) is 96.7 Å². The predicted molar refractivity (Wildman–Crippen MR) is 112 cm³/mol. The molecule has 0 bridgehead atoms. The van der Waals surface area contributed by atoms with Gasteiger partial charge in [0.15, 0.2) is 17.3 Å². The maximum absolute atomic E-state index is 12.2. The molecular formula is C22H24N4O5. The number of nitrogens with zero attached hydrogens (tertiary/aromatic N) is 3. The molecule has 31 heavy (non-hydrogen) atoms. The van der Waals surface area contributed by atoms with E-state index < -0.39 is 12.1 Å². The summed E-state index contributed by atoms with van der Waals surface area (Å²) < 4.78 is 23.9. The monoisotopic (exact) mass is 424 g/mol. The Bertz CT molecular complexity index is 1100. The van der Waals surface area contributed by atoms with Crippen molar-refractivity contribution in [1.29, 1.82) is 0 Å². The highest BCUT2D eigenvalue weighted by atomic mass is 16.5. The van der Waals surface area contributed by atoms with Crippen LogP contribution in [0.4, 0.5) is 0 Å². The number of aromatic nitrogens is 3. The summed E-state index contributed by atoms with van der Waals surface area (Å²) in [6.45, 7) is 1.73. The Morgan fingerprint density at radius 3 is 2.52 bits per heavy atom. The number of hydrogen-bond donors (Lipinski definition) is 1. The molecule has 4 rings (SSSR count). The molecule has 1 aliphatic rings. The highest BCUT2D eigenvalue weighted by Crippen LogP contribution is 2.38. The van der Waals surface area contributed by atoms with E-state index in [0.29, 0.717) is 28.9 Å². The van der Waals surface area contributed by atoms with Crippen molar-refractivity contribution in [3.8, 4) is 22.9 Å². The number of carbonyl (C=O) groups excluding carboxylic acids is 1. The third-order valence-electron chi connectivity index (χ3n) is 5.09. The zero-order chi connectivity index (χ0) is 22.0. The lowest BCUT2D eigenvalue weighted by atomic mass is 9.98. The molecule has 0 saturated carbocycles. The van der Waals surface area contributed by atoms with E-state index in [1.54, 1.807) is 32.1 Å². The Morgan fingerprint density at radius 2 is 1.77 bits per heavy atom. The molecular weight excluding hydrogens is 400 g/mol. The average Bonchev–Trinajstić information content (AvgIpc) is 3.19. The van der Waals surface area contributed by atoms with Gasteiger partial charge in [0.05, 0.1) is 27.4 Å². The molecule has 0 radical (unpaired) electrons. The molecule has 0 spiro atoms. The lowest BCUT2D eigenvalue weighted by Crippen LogP contribution is -2.42. The van der Waals surface area contributed by atoms with Crippen LogP contribution in [-0.4, -0.2) is 48.6 Å². The number of hydrogen-bond acceptors (Lipinski definition) is 7. The van der Waals surface area contributed by atoms with Gasteiger partial charge in [-0.3, -0.25) is 4.79 Å². The fourth-order valence-electron chi connectivity index (χ4n) is 3.68. The molecule has 2 heterocycles. The molecule has 1 fully saturated rings. The van der Waals surface area contributed by atoms with Crippen molar-refractivity contribution >= 4 is 5.91 Å². The Hall–Kier alpha value is -3.59. The van der Waals surface area contributed by atoms with Crippen LogP contribution in [0.3, 0.4) is 0 Å². The number of ether oxygens (including phenoxy) is 4. The fourth-order valence-corrected chi connectivity index (χ4v) is 3.68. The molecule has 1 N–H and O–H groups in total. The van der Waals surface area contributed by atoms with Crippen LogP contribution < -0.4 is 19.5 Å². The number of nitrogens with one attached hydrogen (secondary N) is 1. The SMILES string of the molecule is COc1ccc([C@H]2NC(=O)CO[C@@H]2c2nc(C)nn2-c2ccccc2OC)cc1OC. The van der Waals surface area contributed by atoms with Gasteiger partial charge in [0, 0.05) is 0 Å². The summed E-state index contributed by atoms with van der Waals surface area (Å²) in [5, 5.41) is 7.57. The van der Waals surface area contributed by atoms with E-state index >= 15 is 0 Å². The van der Waals surface area contributed by atoms with Crippen LogP contribution in [0.25, 0.3) is 5.69 Å². The summed E-state index contributed by atoms with van der Waals surface area (Å²) in [5.74, 6) is 2.72. The van der Waals surface area contributed by atoms with Crippen molar-refractivity contribution in [2.45, 2.75) is 19.1 Å². The number of carbonyl (C=O) groups is 1. The first-order valence-electron chi connectivity index (χ1n) is 9.75. The second-order valence-corrected chi connectivity index (χ2v) is 6.99. The van der Waals surface area contributed by atoms with Crippen molar-refractivity contribution in [1.82, 2.24) is 20.1 Å². The van der Waals surface area contributed by atoms with Gasteiger partial charge >= 0.3 is 0 Å². The van der Waals surface area contributed by atoms with Gasteiger partial charge in [-0.1, -0.05) is 18.2 Å². The molecule has 0 aliphatic carbocycles. The van der Waals surface area contributed by atoms with Crippen LogP contribution in [0.5, 0.6) is 17.2 Å². The van der Waals surface area contributed by atoms with Gasteiger partial charge < -0.3 is 24.3 Å². The molecule has 2 aromatic carbocycles. The first-order chi connectivity index (χ1) is 15.0. The van der Waals surface area contributed by atoms with E-state index in [9.17, 15) is 4.79 Å². The fraction of sp³-hybridized carbons (Fsp3) is 0.318. The molecule has 0 unspecified atom stereocenters. The Balaban J connectivity index is 1.81. The van der Waals surface area contributed by atoms with Gasteiger partial charge in [-0.15, -0.1) is 0 Å². The Morgan fingerprint density at radius 1 is 1.03 bits per heavy atom. The van der Waals surface area contributed by atoms with Gasteiger partial charge in [0.25, 0.3) is 0 Å². The van der Waals surface area contributed by atoms with E-state index in [0.717, 1.165) is 11.3 Å². The highest BCUT2D eigenvalue weighted by Gasteiger charge is 2.36. The van der Waals surface area contributed by atoms with Crippen LogP contribution >= 0.6 is 0 Å². The average molecular weight is 424 g/mol. The lowest BCUT2D eigenvalue weighted by Gasteiger charge is -2.32. The number of morpholine rings is 1. The molecule has 1 amide bonds. The van der Waals surface area contributed by atoms with Crippen molar-refractivity contribution in [3.05, 3.63) is 59.7 Å². The lowest BCUT2D eigenvalue weighted by molar-refractivity contribution is -0.138. The van der Waals surface area contributed by atoms with E-state index in [4.69, 9.17) is 18.9 Å². The van der Waals surface area contributed by atoms with Gasteiger partial charge in [0.1, 0.15) is 30.0 Å². The zero-order valence-electron chi connectivity index (χ0n) is 17.8. The predicted octanol–water partition coefficient (Wildman–Crippen LogP) is 2.53. The molecule has 9 heteroatoms. The van der Waals surface area contributed by atoms with Crippen LogP contribution in [-0.2, 0) is 9.53 Å². The number of para-hydroxylation sites is 2. The van der Waals surface area contributed by atoms with Crippen molar-refractivity contribution in [2.24, 2.45) is 0 Å². The molecule has 162 valence electrons. The first-order valence-corrected chi connectivity index (χ1v) is 9.75. The van der Waals surface area contributed by atoms with Crippen molar-refractivity contribution < 1.29 is 23.7 Å². The molecule has 3 aromatic rings. The maximum atomic E-state index is 12.2. The Labute approximate surface area is 179 Å². The van der Waals surface area contributed by atoms with E-state index in [1.807, 2.05) is 43.3 Å². The number of aryl methyl sites for hydroxylation is 1. The van der Waals surface area contributed by atoms with Gasteiger partial charge in [-0.25, -0.2) is 9.67 Å². The zero-order valence-corrected chi connectivity index (χ0v) is 17.8. The normalized spacial score (nSPS) is 18.4. The third-order valence-corrected chi connectivity index (χ3v) is 5.09. The van der Waals surface area contributed by atoms with Gasteiger partial charge in [-0.2, -0.15) is 5.10 Å². The van der Waals surface area contributed by atoms with Crippen molar-refractivity contribution in [3.63, 3.8) is 0 Å². The quantitative estimate of drug-likeness (QED) is 0.649. The molecule has 1 saturated heterocycles. The molecule has 9 nitrogen and oxygen atoms in total. The highest BCUT2D eigenvalue weighted by molar-refractivity contribution is 5.78. The number of methoxy groups -OCH3 is 3. The van der Waals surface area contributed by atoms with Crippen molar-refractivity contribution in [2.75, 3.05) is 27.9 Å². The second kappa shape index (κ2) is 8.65. The number of rotatable bonds is 6. The summed E-state index contributed by atoms with van der Waals surface area (Å²) in [6, 6.07) is 12.5. The maximum Gasteiger partial charge on any atom is 0.246 e. The van der Waals surface area contributed by atoms with E-state index in [-0.39, 0.29) is 12.5 Å². The first kappa shape index (κ1) is 20.7. The number of benzene rings is 2. The standard InChI is InChI=1S/C22H24N4O5/c1-13-23-22(26(25-13)15-7-5-6-8-16(15)28-2)21-20(24-19(27)12-31-21)14-9-10-17(29-3)18(11-14)30-4/h5-11,20-21H,12H2,1-4H3,(H,24,27)/t20-,21+/m1/s1. The minimum absolute atomic E-state index is 0.0771. The summed E-state index contributed by atoms with van der Waals surface area (Å²) in [7, 11) is 4.74. The summed E-state index contributed by atoms with van der Waals surface area (Å²) >= 11 is 0. The summed E-state index contributed by atoms with van der Waals surface area (Å²) in [5.41, 5.74) is 1.52. The third kappa shape index (κ3) is 3.91. The minimum atomic E-state index is -0.582. The smallest absolute Gasteiger partial charge is 0.246 e. The Kier molecular flexibility index (Phi) is 5.77. The van der Waals surface area contributed by atoms with Gasteiger partial charge in [0.2, 0.25) is 5.91 Å². The van der Waals surface area contributed by atoms with Gasteiger partial charge in [-0.05, 0) is 36.8 Å². The molecule has 1 aromatic heterocycles.